The molecule has 1 rings (SSSR count). The van der Waals surface area contributed by atoms with Gasteiger partial charge in [-0.3, -0.25) is 4.18 Å². The summed E-state index contributed by atoms with van der Waals surface area (Å²) in [5.74, 6) is 1.40. The Morgan fingerprint density at radius 1 is 1.47 bits per heavy atom. The van der Waals surface area contributed by atoms with Crippen molar-refractivity contribution in [1.82, 2.24) is 9.97 Å². The van der Waals surface area contributed by atoms with Crippen LogP contribution in [0.5, 0.6) is 0 Å². The monoisotopic (exact) mass is 260 g/mol. The number of anilines is 2. The first-order chi connectivity index (χ1) is 7.92. The lowest BCUT2D eigenvalue weighted by Crippen LogP contribution is -2.24. The van der Waals surface area contributed by atoms with Crippen LogP contribution in [0.3, 0.4) is 0 Å². The highest BCUT2D eigenvalue weighted by molar-refractivity contribution is 7.85. The Morgan fingerprint density at radius 3 is 2.76 bits per heavy atom. The smallest absolute Gasteiger partial charge is 0.264 e. The van der Waals surface area contributed by atoms with Crippen LogP contribution < -0.4 is 10.2 Å². The SMILES string of the molecule is CNc1cc(N(C)CCOS(C)(=O)=O)ncn1. The molecule has 8 heteroatoms. The van der Waals surface area contributed by atoms with Gasteiger partial charge in [-0.25, -0.2) is 9.97 Å². The molecule has 0 aromatic carbocycles. The molecule has 0 radical (unpaired) electrons. The van der Waals surface area contributed by atoms with Gasteiger partial charge in [0.05, 0.1) is 12.9 Å². The average molecular weight is 260 g/mol. The first-order valence-corrected chi connectivity index (χ1v) is 6.79. The van der Waals surface area contributed by atoms with Crippen LogP contribution >= 0.6 is 0 Å². The van der Waals surface area contributed by atoms with E-state index in [2.05, 4.69) is 19.5 Å². The van der Waals surface area contributed by atoms with Crippen LogP contribution in [0.2, 0.25) is 0 Å². The number of hydrogen-bond donors (Lipinski definition) is 1. The molecule has 0 spiro atoms. The fourth-order valence-corrected chi connectivity index (χ4v) is 1.51. The van der Waals surface area contributed by atoms with Crippen molar-refractivity contribution in [3.8, 4) is 0 Å². The number of hydrogen-bond acceptors (Lipinski definition) is 7. The van der Waals surface area contributed by atoms with Crippen LogP contribution in [-0.2, 0) is 14.3 Å². The van der Waals surface area contributed by atoms with Crippen LogP contribution in [0.4, 0.5) is 11.6 Å². The summed E-state index contributed by atoms with van der Waals surface area (Å²) in [5.41, 5.74) is 0. The van der Waals surface area contributed by atoms with Crippen molar-refractivity contribution in [2.75, 3.05) is 43.7 Å². The number of nitrogens with zero attached hydrogens (tertiary/aromatic N) is 3. The lowest BCUT2D eigenvalue weighted by molar-refractivity contribution is 0.329. The highest BCUT2D eigenvalue weighted by atomic mass is 32.2. The number of rotatable bonds is 6. The Morgan fingerprint density at radius 2 is 2.18 bits per heavy atom. The van der Waals surface area contributed by atoms with Gasteiger partial charge in [-0.1, -0.05) is 0 Å². The molecule has 0 amide bonds. The molecule has 0 unspecified atom stereocenters. The number of nitrogens with one attached hydrogen (secondary N) is 1. The normalized spacial score (nSPS) is 11.2. The predicted molar refractivity (Wildman–Crippen MR) is 65.6 cm³/mol. The van der Waals surface area contributed by atoms with E-state index in [1.165, 1.54) is 6.33 Å². The second-order valence-corrected chi connectivity index (χ2v) is 5.10. The zero-order valence-corrected chi connectivity index (χ0v) is 10.9. The molecule has 7 nitrogen and oxygen atoms in total. The van der Waals surface area contributed by atoms with Gasteiger partial charge in [0.15, 0.2) is 0 Å². The largest absolute Gasteiger partial charge is 0.373 e. The summed E-state index contributed by atoms with van der Waals surface area (Å²) in [6.07, 6.45) is 2.46. The van der Waals surface area contributed by atoms with Gasteiger partial charge < -0.3 is 10.2 Å². The van der Waals surface area contributed by atoms with Gasteiger partial charge in [0.1, 0.15) is 18.0 Å². The number of aromatic nitrogens is 2. The van der Waals surface area contributed by atoms with E-state index in [0.717, 1.165) is 6.26 Å². The topological polar surface area (TPSA) is 84.4 Å². The van der Waals surface area contributed by atoms with E-state index in [1.807, 2.05) is 0 Å². The highest BCUT2D eigenvalue weighted by Crippen LogP contribution is 2.11. The maximum absolute atomic E-state index is 10.8. The molecule has 0 aliphatic heterocycles. The molecule has 1 aromatic rings. The Hall–Kier alpha value is -1.41. The molecular formula is C9H16N4O3S. The van der Waals surface area contributed by atoms with Crippen molar-refractivity contribution >= 4 is 21.8 Å². The van der Waals surface area contributed by atoms with Crippen LogP contribution in [0.15, 0.2) is 12.4 Å². The molecule has 17 heavy (non-hydrogen) atoms. The molecule has 0 saturated carbocycles. The lowest BCUT2D eigenvalue weighted by atomic mass is 10.4. The third kappa shape index (κ3) is 4.96. The van der Waals surface area contributed by atoms with Gasteiger partial charge in [0.2, 0.25) is 0 Å². The van der Waals surface area contributed by atoms with E-state index >= 15 is 0 Å². The summed E-state index contributed by atoms with van der Waals surface area (Å²) in [7, 11) is 0.175. The van der Waals surface area contributed by atoms with Crippen molar-refractivity contribution < 1.29 is 12.6 Å². The Balaban J connectivity index is 2.54. The third-order valence-corrected chi connectivity index (χ3v) is 2.62. The van der Waals surface area contributed by atoms with E-state index in [4.69, 9.17) is 0 Å². The molecule has 0 saturated heterocycles. The Labute approximate surface area is 101 Å². The summed E-state index contributed by atoms with van der Waals surface area (Å²) >= 11 is 0. The fraction of sp³-hybridized carbons (Fsp3) is 0.556. The zero-order valence-electron chi connectivity index (χ0n) is 10.0. The van der Waals surface area contributed by atoms with Crippen molar-refractivity contribution in [3.05, 3.63) is 12.4 Å². The van der Waals surface area contributed by atoms with Crippen molar-refractivity contribution in [2.45, 2.75) is 0 Å². The van der Waals surface area contributed by atoms with Gasteiger partial charge in [-0.2, -0.15) is 8.42 Å². The fourth-order valence-electron chi connectivity index (χ4n) is 1.13. The molecule has 1 heterocycles. The van der Waals surface area contributed by atoms with E-state index in [0.29, 0.717) is 18.2 Å². The minimum absolute atomic E-state index is 0.0915. The summed E-state index contributed by atoms with van der Waals surface area (Å²) in [5, 5.41) is 2.90. The lowest BCUT2D eigenvalue weighted by Gasteiger charge is -2.17. The second-order valence-electron chi connectivity index (χ2n) is 3.46. The summed E-state index contributed by atoms with van der Waals surface area (Å²) in [6.45, 7) is 0.515. The first-order valence-electron chi connectivity index (χ1n) is 4.97. The van der Waals surface area contributed by atoms with E-state index in [1.54, 1.807) is 25.1 Å². The van der Waals surface area contributed by atoms with Crippen LogP contribution in [0, 0.1) is 0 Å². The summed E-state index contributed by atoms with van der Waals surface area (Å²) in [4.78, 5) is 9.84. The maximum Gasteiger partial charge on any atom is 0.264 e. The summed E-state index contributed by atoms with van der Waals surface area (Å²) < 4.78 is 26.2. The van der Waals surface area contributed by atoms with Gasteiger partial charge in [-0.05, 0) is 0 Å². The molecular weight excluding hydrogens is 244 g/mol. The zero-order chi connectivity index (χ0) is 12.9. The Bertz CT molecular complexity index is 463. The average Bonchev–Trinajstić information content (AvgIpc) is 2.27. The highest BCUT2D eigenvalue weighted by Gasteiger charge is 2.06. The summed E-state index contributed by atoms with van der Waals surface area (Å²) in [6, 6.07) is 1.76. The molecule has 0 aliphatic rings. The molecule has 0 atom stereocenters. The van der Waals surface area contributed by atoms with Crippen LogP contribution in [0.1, 0.15) is 0 Å². The third-order valence-electron chi connectivity index (χ3n) is 2.02. The predicted octanol–water partition coefficient (Wildman–Crippen LogP) is -0.0693. The van der Waals surface area contributed by atoms with E-state index in [9.17, 15) is 8.42 Å². The number of likely N-dealkylation sites (N-methyl/N-ethyl adjacent to an activating group) is 1. The van der Waals surface area contributed by atoms with Crippen molar-refractivity contribution in [3.63, 3.8) is 0 Å². The van der Waals surface area contributed by atoms with Gasteiger partial charge >= 0.3 is 0 Å². The Kier molecular flexibility index (Phi) is 4.64. The van der Waals surface area contributed by atoms with Gasteiger partial charge in [0, 0.05) is 26.7 Å². The van der Waals surface area contributed by atoms with Gasteiger partial charge in [-0.15, -0.1) is 0 Å². The maximum atomic E-state index is 10.8. The van der Waals surface area contributed by atoms with E-state index in [-0.39, 0.29) is 6.61 Å². The van der Waals surface area contributed by atoms with E-state index < -0.39 is 10.1 Å². The van der Waals surface area contributed by atoms with Crippen LogP contribution in [-0.4, -0.2) is 51.9 Å². The minimum Gasteiger partial charge on any atom is -0.373 e. The second kappa shape index (κ2) is 5.78. The first kappa shape index (κ1) is 13.7. The quantitative estimate of drug-likeness (QED) is 0.717. The standard InChI is InChI=1S/C9H16N4O3S/c1-10-8-6-9(12-7-11-8)13(2)4-5-16-17(3,14)15/h6-7H,4-5H2,1-3H3,(H,10,11,12). The minimum atomic E-state index is -3.39. The van der Waals surface area contributed by atoms with Crippen molar-refractivity contribution in [1.29, 1.82) is 0 Å². The molecule has 0 bridgehead atoms. The van der Waals surface area contributed by atoms with Crippen LogP contribution in [0.25, 0.3) is 0 Å². The molecule has 1 aromatic heterocycles. The van der Waals surface area contributed by atoms with Crippen molar-refractivity contribution in [2.24, 2.45) is 0 Å². The molecule has 0 aliphatic carbocycles. The molecule has 0 fully saturated rings. The molecule has 96 valence electrons. The molecule has 1 N–H and O–H groups in total. The van der Waals surface area contributed by atoms with Gasteiger partial charge in [0.25, 0.3) is 10.1 Å².